The third kappa shape index (κ3) is 4.49. The number of alkyl halides is 3. The number of aromatic nitrogens is 5. The molecule has 0 saturated heterocycles. The molecule has 3 heterocycles. The summed E-state index contributed by atoms with van der Waals surface area (Å²) >= 11 is 0. The van der Waals surface area contributed by atoms with Crippen LogP contribution >= 0.6 is 0 Å². The van der Waals surface area contributed by atoms with Crippen molar-refractivity contribution in [3.8, 4) is 11.1 Å². The third-order valence-electron chi connectivity index (χ3n) is 4.86. The Hall–Kier alpha value is -3.96. The monoisotopic (exact) mass is 460 g/mol. The van der Waals surface area contributed by atoms with Gasteiger partial charge in [-0.2, -0.15) is 18.2 Å². The van der Waals surface area contributed by atoms with E-state index in [4.69, 9.17) is 4.52 Å². The molecule has 0 saturated carbocycles. The maximum atomic E-state index is 13.8. The van der Waals surface area contributed by atoms with Crippen molar-refractivity contribution in [2.24, 2.45) is 0 Å². The number of hydrogen-bond acceptors (Lipinski definition) is 6. The predicted octanol–water partition coefficient (Wildman–Crippen LogP) is 3.55. The Labute approximate surface area is 184 Å². The van der Waals surface area contributed by atoms with E-state index < -0.39 is 35.3 Å². The Kier molecular flexibility index (Phi) is 5.30. The lowest BCUT2D eigenvalue weighted by molar-refractivity contribution is -0.138. The van der Waals surface area contributed by atoms with Gasteiger partial charge in [0, 0.05) is 23.7 Å². The molecule has 1 amide bonds. The fourth-order valence-corrected chi connectivity index (χ4v) is 3.21. The van der Waals surface area contributed by atoms with Crippen LogP contribution in [-0.4, -0.2) is 31.0 Å². The fraction of sp³-hybridized carbons (Fsp3) is 0.286. The van der Waals surface area contributed by atoms with E-state index in [0.29, 0.717) is 11.1 Å². The van der Waals surface area contributed by atoms with Crippen LogP contribution in [0.3, 0.4) is 0 Å². The number of carbonyl (C=O) groups is 1. The highest BCUT2D eigenvalue weighted by atomic mass is 19.4. The molecule has 0 spiro atoms. The van der Waals surface area contributed by atoms with Crippen LogP contribution in [-0.2, 0) is 18.1 Å². The van der Waals surface area contributed by atoms with Crippen molar-refractivity contribution in [2.75, 3.05) is 0 Å². The molecule has 0 atom stereocenters. The molecule has 3 N–H and O–H groups in total. The normalized spacial score (nSPS) is 12.3. The summed E-state index contributed by atoms with van der Waals surface area (Å²) in [5, 5.41) is 5.99. The first kappa shape index (κ1) is 22.2. The summed E-state index contributed by atoms with van der Waals surface area (Å²) in [7, 11) is 0. The molecule has 0 aliphatic heterocycles. The maximum Gasteiger partial charge on any atom is 0.416 e. The summed E-state index contributed by atoms with van der Waals surface area (Å²) < 4.78 is 46.5. The lowest BCUT2D eigenvalue weighted by Gasteiger charge is -2.15. The van der Waals surface area contributed by atoms with Gasteiger partial charge in [0.15, 0.2) is 5.65 Å². The Bertz CT molecular complexity index is 1390. The van der Waals surface area contributed by atoms with E-state index in [1.54, 1.807) is 0 Å². The second-order valence-corrected chi connectivity index (χ2v) is 8.39. The Morgan fingerprint density at radius 3 is 2.58 bits per heavy atom. The lowest BCUT2D eigenvalue weighted by Crippen LogP contribution is -2.26. The molecule has 12 heteroatoms. The fourth-order valence-electron chi connectivity index (χ4n) is 3.21. The molecule has 0 aliphatic carbocycles. The molecule has 3 aromatic heterocycles. The Balaban J connectivity index is 1.63. The number of nitrogens with zero attached hydrogens (tertiary/aromatic N) is 3. The number of H-pyrrole nitrogens is 2. The Morgan fingerprint density at radius 2 is 1.91 bits per heavy atom. The number of fused-ring (bicyclic) bond motifs is 1. The van der Waals surface area contributed by atoms with Gasteiger partial charge in [0.2, 0.25) is 5.89 Å². The second kappa shape index (κ2) is 7.87. The number of rotatable bonds is 4. The number of aromatic amines is 2. The number of amides is 1. The van der Waals surface area contributed by atoms with Crippen molar-refractivity contribution in [2.45, 2.75) is 38.9 Å². The molecular weight excluding hydrogens is 441 g/mol. The molecule has 0 unspecified atom stereocenters. The molecular formula is C21H19F3N6O3. The average Bonchev–Trinajstić information content (AvgIpc) is 3.37. The number of imidazole rings is 1. The quantitative estimate of drug-likeness (QED) is 0.427. The van der Waals surface area contributed by atoms with E-state index in [9.17, 15) is 22.8 Å². The highest BCUT2D eigenvalue weighted by Crippen LogP contribution is 2.36. The van der Waals surface area contributed by atoms with Crippen LogP contribution < -0.4 is 11.0 Å². The van der Waals surface area contributed by atoms with Gasteiger partial charge < -0.3 is 14.8 Å². The summed E-state index contributed by atoms with van der Waals surface area (Å²) in [6.45, 7) is 5.05. The first-order valence-electron chi connectivity index (χ1n) is 9.83. The molecule has 0 radical (unpaired) electrons. The zero-order chi connectivity index (χ0) is 24.0. The van der Waals surface area contributed by atoms with Crippen molar-refractivity contribution < 1.29 is 22.5 Å². The van der Waals surface area contributed by atoms with Gasteiger partial charge >= 0.3 is 11.9 Å². The van der Waals surface area contributed by atoms with Crippen molar-refractivity contribution in [1.82, 2.24) is 30.4 Å². The van der Waals surface area contributed by atoms with Crippen molar-refractivity contribution in [3.63, 3.8) is 0 Å². The van der Waals surface area contributed by atoms with E-state index in [0.717, 1.165) is 6.07 Å². The summed E-state index contributed by atoms with van der Waals surface area (Å²) in [4.78, 5) is 36.9. The number of benzene rings is 1. The van der Waals surface area contributed by atoms with Crippen LogP contribution in [0.1, 0.15) is 48.4 Å². The number of nitrogens with one attached hydrogen (secondary N) is 3. The molecule has 9 nitrogen and oxygen atoms in total. The molecule has 172 valence electrons. The van der Waals surface area contributed by atoms with Crippen LogP contribution in [0.25, 0.3) is 22.3 Å². The van der Waals surface area contributed by atoms with E-state index in [-0.39, 0.29) is 28.5 Å². The van der Waals surface area contributed by atoms with Gasteiger partial charge in [0.05, 0.1) is 11.1 Å². The largest absolute Gasteiger partial charge is 0.416 e. The van der Waals surface area contributed by atoms with Gasteiger partial charge in [-0.15, -0.1) is 0 Å². The summed E-state index contributed by atoms with van der Waals surface area (Å²) in [5.41, 5.74) is -0.933. The van der Waals surface area contributed by atoms with Crippen molar-refractivity contribution >= 4 is 17.1 Å². The molecule has 1 aromatic carbocycles. The van der Waals surface area contributed by atoms with Gasteiger partial charge in [0.25, 0.3) is 11.7 Å². The number of pyridine rings is 1. The predicted molar refractivity (Wildman–Crippen MR) is 111 cm³/mol. The standard InChI is InChI=1S/C21H19F3N6O3/c1-20(2,3)18-28-16(30-33-18)17(31)26-9-11-5-4-10(8-13(11)21(22,23)24)12-6-7-25-15-14(12)27-19(32)29-15/h4-8H,9H2,1-3H3,(H,26,31)(H2,25,27,29,32). The first-order valence-corrected chi connectivity index (χ1v) is 9.83. The minimum atomic E-state index is -4.68. The van der Waals surface area contributed by atoms with Crippen LogP contribution in [0, 0.1) is 0 Å². The molecule has 4 aromatic rings. The summed E-state index contributed by atoms with van der Waals surface area (Å²) in [6.07, 6.45) is -3.29. The third-order valence-corrected chi connectivity index (χ3v) is 4.86. The average molecular weight is 460 g/mol. The smallest absolute Gasteiger partial charge is 0.345 e. The van der Waals surface area contributed by atoms with Crippen LogP contribution in [0.5, 0.6) is 0 Å². The van der Waals surface area contributed by atoms with Crippen LogP contribution in [0.15, 0.2) is 39.8 Å². The van der Waals surface area contributed by atoms with Crippen molar-refractivity contribution in [1.29, 1.82) is 0 Å². The van der Waals surface area contributed by atoms with Gasteiger partial charge in [-0.3, -0.25) is 9.78 Å². The SMILES string of the molecule is CC(C)(C)c1nc(C(=O)NCc2ccc(-c3ccnc4[nH]c(=O)[nH]c34)cc2C(F)(F)F)no1. The minimum Gasteiger partial charge on any atom is -0.345 e. The number of carbonyl (C=O) groups excluding carboxylic acids is 1. The van der Waals surface area contributed by atoms with Gasteiger partial charge in [-0.05, 0) is 23.3 Å². The molecule has 0 aliphatic rings. The topological polar surface area (TPSA) is 130 Å². The van der Waals surface area contributed by atoms with E-state index in [2.05, 4.69) is 30.4 Å². The van der Waals surface area contributed by atoms with Crippen LogP contribution in [0.2, 0.25) is 0 Å². The molecule has 0 bridgehead atoms. The van der Waals surface area contributed by atoms with E-state index in [1.165, 1.54) is 24.4 Å². The summed E-state index contributed by atoms with van der Waals surface area (Å²) in [6, 6.07) is 5.22. The second-order valence-electron chi connectivity index (χ2n) is 8.39. The van der Waals surface area contributed by atoms with E-state index in [1.807, 2.05) is 20.8 Å². The van der Waals surface area contributed by atoms with Gasteiger partial charge in [-0.1, -0.05) is 38.1 Å². The molecule has 4 rings (SSSR count). The highest BCUT2D eigenvalue weighted by molar-refractivity contribution is 5.90. The highest BCUT2D eigenvalue weighted by Gasteiger charge is 2.34. The van der Waals surface area contributed by atoms with Gasteiger partial charge in [0.1, 0.15) is 0 Å². The zero-order valence-electron chi connectivity index (χ0n) is 17.8. The number of hydrogen-bond donors (Lipinski definition) is 3. The van der Waals surface area contributed by atoms with E-state index >= 15 is 0 Å². The Morgan fingerprint density at radius 1 is 1.15 bits per heavy atom. The zero-order valence-corrected chi connectivity index (χ0v) is 17.8. The minimum absolute atomic E-state index is 0.146. The van der Waals surface area contributed by atoms with Gasteiger partial charge in [-0.25, -0.2) is 9.78 Å². The first-order chi connectivity index (χ1) is 15.4. The number of halogens is 3. The maximum absolute atomic E-state index is 13.8. The van der Waals surface area contributed by atoms with Crippen LogP contribution in [0.4, 0.5) is 13.2 Å². The van der Waals surface area contributed by atoms with Crippen molar-refractivity contribution in [3.05, 3.63) is 63.8 Å². The molecule has 0 fully saturated rings. The summed E-state index contributed by atoms with van der Waals surface area (Å²) in [5.74, 6) is -0.785. The molecule has 33 heavy (non-hydrogen) atoms. The lowest BCUT2D eigenvalue weighted by atomic mass is 9.97.